The van der Waals surface area contributed by atoms with Gasteiger partial charge in [0.1, 0.15) is 18.5 Å². The van der Waals surface area contributed by atoms with E-state index in [1.54, 1.807) is 18.2 Å². The van der Waals surface area contributed by atoms with E-state index in [1.165, 1.54) is 40.9 Å². The quantitative estimate of drug-likeness (QED) is 0.337. The number of hydrogen-bond donors (Lipinski definition) is 1. The average molecular weight is 496 g/mol. The second-order valence-corrected chi connectivity index (χ2v) is 9.06. The van der Waals surface area contributed by atoms with Crippen LogP contribution in [0.2, 0.25) is 0 Å². The fraction of sp³-hybridized carbons (Fsp3) is 0.200. The van der Waals surface area contributed by atoms with Gasteiger partial charge < -0.3 is 10.1 Å². The predicted octanol–water partition coefficient (Wildman–Crippen LogP) is 5.62. The fourth-order valence-electron chi connectivity index (χ4n) is 3.74. The van der Waals surface area contributed by atoms with E-state index in [0.29, 0.717) is 29.2 Å². The number of hydrogen-bond acceptors (Lipinski definition) is 6. The van der Waals surface area contributed by atoms with Crippen LogP contribution in [0, 0.1) is 15.9 Å². The molecule has 4 rings (SSSR count). The number of benzene rings is 3. The van der Waals surface area contributed by atoms with E-state index in [2.05, 4.69) is 5.32 Å². The first-order valence-corrected chi connectivity index (χ1v) is 11.7. The Morgan fingerprint density at radius 1 is 1.09 bits per heavy atom. The van der Waals surface area contributed by atoms with Crippen LogP contribution in [0.5, 0.6) is 0 Å². The highest BCUT2D eigenvalue weighted by atomic mass is 32.2. The van der Waals surface area contributed by atoms with Gasteiger partial charge >= 0.3 is 6.09 Å². The standard InChI is InChI=1S/C25H22FN3O5S/c26-18-8-10-21(11-9-18)35-22-14-19(13-20(15-22)29(32)33)27-24(30)23-7-4-12-28(23)25(31)34-16-17-5-2-1-3-6-17/h1-3,5-6,8-11,13-15,23H,4,7,12,16H2,(H,27,30)/t23-/m0/s1. The maximum atomic E-state index is 13.2. The number of carbonyl (C=O) groups excluding carboxylic acids is 2. The molecule has 1 N–H and O–H groups in total. The zero-order valence-corrected chi connectivity index (χ0v) is 19.4. The summed E-state index contributed by atoms with van der Waals surface area (Å²) in [5.41, 5.74) is 0.875. The van der Waals surface area contributed by atoms with Gasteiger partial charge in [0.05, 0.1) is 4.92 Å². The Morgan fingerprint density at radius 2 is 1.83 bits per heavy atom. The highest BCUT2D eigenvalue weighted by Gasteiger charge is 2.35. The first-order valence-electron chi connectivity index (χ1n) is 10.9. The number of nitro groups is 1. The molecule has 0 aromatic heterocycles. The number of nitrogens with zero attached hydrogens (tertiary/aromatic N) is 2. The highest BCUT2D eigenvalue weighted by Crippen LogP contribution is 2.33. The third-order valence-corrected chi connectivity index (χ3v) is 6.39. The summed E-state index contributed by atoms with van der Waals surface area (Å²) < 4.78 is 18.6. The lowest BCUT2D eigenvalue weighted by Gasteiger charge is -2.23. The highest BCUT2D eigenvalue weighted by molar-refractivity contribution is 7.99. The van der Waals surface area contributed by atoms with Gasteiger partial charge in [0.2, 0.25) is 5.91 Å². The molecule has 180 valence electrons. The van der Waals surface area contributed by atoms with Crippen molar-refractivity contribution in [1.29, 1.82) is 0 Å². The molecule has 3 aromatic rings. The Balaban J connectivity index is 1.45. The molecular formula is C25H22FN3O5S. The van der Waals surface area contributed by atoms with E-state index in [0.717, 1.165) is 5.56 Å². The van der Waals surface area contributed by atoms with Crippen molar-refractivity contribution >= 4 is 35.1 Å². The van der Waals surface area contributed by atoms with Crippen LogP contribution in [0.25, 0.3) is 0 Å². The second-order valence-electron chi connectivity index (χ2n) is 7.91. The number of nitro benzene ring substituents is 1. The fourth-order valence-corrected chi connectivity index (χ4v) is 4.65. The molecule has 1 heterocycles. The first kappa shape index (κ1) is 24.2. The normalized spacial score (nSPS) is 15.0. The molecule has 1 atom stereocenters. The van der Waals surface area contributed by atoms with Gasteiger partial charge in [0.15, 0.2) is 0 Å². The molecular weight excluding hydrogens is 473 g/mol. The number of likely N-dealkylation sites (tertiary alicyclic amines) is 1. The predicted molar refractivity (Wildman–Crippen MR) is 129 cm³/mol. The molecule has 0 unspecified atom stereocenters. The van der Waals surface area contributed by atoms with E-state index in [-0.39, 0.29) is 23.8 Å². The van der Waals surface area contributed by atoms with Crippen LogP contribution in [-0.4, -0.2) is 34.4 Å². The number of non-ortho nitro benzene ring substituents is 1. The van der Waals surface area contributed by atoms with Gasteiger partial charge in [-0.1, -0.05) is 42.1 Å². The minimum absolute atomic E-state index is 0.0966. The van der Waals surface area contributed by atoms with Crippen LogP contribution in [0.4, 0.5) is 20.6 Å². The van der Waals surface area contributed by atoms with Gasteiger partial charge in [0, 0.05) is 34.2 Å². The van der Waals surface area contributed by atoms with Gasteiger partial charge in [-0.05, 0) is 48.7 Å². The van der Waals surface area contributed by atoms with Gasteiger partial charge in [-0.3, -0.25) is 19.8 Å². The van der Waals surface area contributed by atoms with Crippen molar-refractivity contribution in [2.24, 2.45) is 0 Å². The monoisotopic (exact) mass is 495 g/mol. The van der Waals surface area contributed by atoms with Gasteiger partial charge in [0.25, 0.3) is 5.69 Å². The summed E-state index contributed by atoms with van der Waals surface area (Å²) in [7, 11) is 0. The van der Waals surface area contributed by atoms with E-state index in [9.17, 15) is 24.1 Å². The number of ether oxygens (including phenoxy) is 1. The molecule has 8 nitrogen and oxygen atoms in total. The average Bonchev–Trinajstić information content (AvgIpc) is 3.35. The van der Waals surface area contributed by atoms with Crippen LogP contribution < -0.4 is 5.32 Å². The number of anilines is 1. The van der Waals surface area contributed by atoms with Crippen molar-refractivity contribution < 1.29 is 23.6 Å². The second kappa shape index (κ2) is 11.0. The minimum atomic E-state index is -0.745. The van der Waals surface area contributed by atoms with Crippen molar-refractivity contribution in [3.63, 3.8) is 0 Å². The number of nitrogens with one attached hydrogen (secondary N) is 1. The molecule has 0 radical (unpaired) electrons. The summed E-state index contributed by atoms with van der Waals surface area (Å²) >= 11 is 1.20. The Labute approximate surface area is 205 Å². The van der Waals surface area contributed by atoms with Crippen LogP contribution in [0.3, 0.4) is 0 Å². The summed E-state index contributed by atoms with van der Waals surface area (Å²) in [5.74, 6) is -0.831. The Hall–Kier alpha value is -3.92. The molecule has 10 heteroatoms. The van der Waals surface area contributed by atoms with Gasteiger partial charge in [-0.15, -0.1) is 0 Å². The zero-order valence-electron chi connectivity index (χ0n) is 18.6. The third-order valence-electron chi connectivity index (χ3n) is 5.41. The van der Waals surface area contributed by atoms with Crippen molar-refractivity contribution in [2.45, 2.75) is 35.3 Å². The first-order chi connectivity index (χ1) is 16.9. The molecule has 2 amide bonds. The molecule has 35 heavy (non-hydrogen) atoms. The van der Waals surface area contributed by atoms with Crippen LogP contribution in [-0.2, 0) is 16.1 Å². The topological polar surface area (TPSA) is 102 Å². The number of carbonyl (C=O) groups is 2. The Bertz CT molecular complexity index is 1220. The molecule has 1 aliphatic rings. The lowest BCUT2D eigenvalue weighted by atomic mass is 10.2. The summed E-state index contributed by atoms with van der Waals surface area (Å²) in [6.07, 6.45) is 0.510. The van der Waals surface area contributed by atoms with E-state index >= 15 is 0 Å². The van der Waals surface area contributed by atoms with Gasteiger partial charge in [-0.2, -0.15) is 0 Å². The summed E-state index contributed by atoms with van der Waals surface area (Å²) in [6, 6.07) is 18.5. The SMILES string of the molecule is O=C(Nc1cc(Sc2ccc(F)cc2)cc([N+](=O)[O-])c1)[C@@H]1CCCN1C(=O)OCc1ccccc1. The Morgan fingerprint density at radius 3 is 2.54 bits per heavy atom. The summed E-state index contributed by atoms with van der Waals surface area (Å²) in [4.78, 5) is 39.1. The van der Waals surface area contributed by atoms with Crippen molar-refractivity contribution in [2.75, 3.05) is 11.9 Å². The maximum Gasteiger partial charge on any atom is 0.410 e. The Kier molecular flexibility index (Phi) is 7.61. The van der Waals surface area contributed by atoms with Crippen molar-refractivity contribution in [1.82, 2.24) is 4.90 Å². The lowest BCUT2D eigenvalue weighted by molar-refractivity contribution is -0.385. The van der Waals surface area contributed by atoms with Crippen LogP contribution in [0.15, 0.2) is 82.6 Å². The minimum Gasteiger partial charge on any atom is -0.445 e. The molecule has 0 spiro atoms. The molecule has 1 aliphatic heterocycles. The molecule has 1 saturated heterocycles. The smallest absolute Gasteiger partial charge is 0.410 e. The van der Waals surface area contributed by atoms with Crippen molar-refractivity contribution in [3.8, 4) is 0 Å². The summed E-state index contributed by atoms with van der Waals surface area (Å²) in [5, 5.41) is 14.1. The van der Waals surface area contributed by atoms with E-state index in [1.807, 2.05) is 30.3 Å². The third kappa shape index (κ3) is 6.36. The number of rotatable bonds is 7. The lowest BCUT2D eigenvalue weighted by Crippen LogP contribution is -2.43. The molecule has 0 bridgehead atoms. The largest absolute Gasteiger partial charge is 0.445 e. The van der Waals surface area contributed by atoms with E-state index < -0.39 is 23.0 Å². The van der Waals surface area contributed by atoms with E-state index in [4.69, 9.17) is 4.74 Å². The summed E-state index contributed by atoms with van der Waals surface area (Å²) in [6.45, 7) is 0.478. The zero-order chi connectivity index (χ0) is 24.8. The molecule has 0 aliphatic carbocycles. The molecule has 3 aromatic carbocycles. The maximum absolute atomic E-state index is 13.2. The van der Waals surface area contributed by atoms with Gasteiger partial charge in [-0.25, -0.2) is 9.18 Å². The molecule has 0 saturated carbocycles. The molecule has 1 fully saturated rings. The number of amides is 2. The van der Waals surface area contributed by atoms with Crippen LogP contribution >= 0.6 is 11.8 Å². The number of halogens is 1. The van der Waals surface area contributed by atoms with Crippen LogP contribution in [0.1, 0.15) is 18.4 Å². The van der Waals surface area contributed by atoms with Crippen molar-refractivity contribution in [3.05, 3.63) is 94.3 Å².